The van der Waals surface area contributed by atoms with Crippen LogP contribution in [0.3, 0.4) is 0 Å². The summed E-state index contributed by atoms with van der Waals surface area (Å²) in [5.41, 5.74) is 5.12. The van der Waals surface area contributed by atoms with Gasteiger partial charge in [-0.05, 0) is 68.9 Å². The summed E-state index contributed by atoms with van der Waals surface area (Å²) in [6.45, 7) is 11.2. The van der Waals surface area contributed by atoms with Crippen LogP contribution in [0, 0.1) is 0 Å². The normalized spacial score (nSPS) is 13.3. The Morgan fingerprint density at radius 2 is 1.41 bits per heavy atom. The molecule has 3 aromatic carbocycles. The second kappa shape index (κ2) is 15.8. The second-order valence-electron chi connectivity index (χ2n) is 11.8. The van der Waals surface area contributed by atoms with E-state index in [1.807, 2.05) is 89.2 Å². The van der Waals surface area contributed by atoms with E-state index in [-0.39, 0.29) is 31.6 Å². The van der Waals surface area contributed by atoms with Gasteiger partial charge in [-0.25, -0.2) is 4.79 Å². The van der Waals surface area contributed by atoms with Crippen molar-refractivity contribution in [2.45, 2.75) is 64.9 Å². The summed E-state index contributed by atoms with van der Waals surface area (Å²) in [5.74, 6) is -0.378. The lowest BCUT2D eigenvalue weighted by molar-refractivity contribution is -0.161. The van der Waals surface area contributed by atoms with Crippen LogP contribution in [-0.4, -0.2) is 74.4 Å². The first kappa shape index (κ1) is 33.2. The smallest absolute Gasteiger partial charge is 0.407 e. The van der Waals surface area contributed by atoms with Gasteiger partial charge in [0.1, 0.15) is 12.6 Å². The maximum Gasteiger partial charge on any atom is 0.407 e. The van der Waals surface area contributed by atoms with E-state index in [1.165, 1.54) is 0 Å². The minimum absolute atomic E-state index is 0.0116. The Morgan fingerprint density at radius 1 is 0.841 bits per heavy atom. The summed E-state index contributed by atoms with van der Waals surface area (Å²) in [6.07, 6.45) is -0.629. The van der Waals surface area contributed by atoms with Crippen LogP contribution in [0.4, 0.5) is 4.79 Å². The Balaban J connectivity index is 1.50. The third-order valence-electron chi connectivity index (χ3n) is 7.52. The average Bonchev–Trinajstić information content (AvgIpc) is 3.33. The van der Waals surface area contributed by atoms with Gasteiger partial charge in [0.25, 0.3) is 0 Å². The molecular formula is C36H46N2O6. The molecule has 1 aliphatic carbocycles. The Morgan fingerprint density at radius 3 is 1.98 bits per heavy atom. The highest BCUT2D eigenvalue weighted by Crippen LogP contribution is 2.44. The van der Waals surface area contributed by atoms with Gasteiger partial charge in [0, 0.05) is 25.7 Å². The Bertz CT molecular complexity index is 1300. The third-order valence-corrected chi connectivity index (χ3v) is 7.52. The quantitative estimate of drug-likeness (QED) is 0.209. The van der Waals surface area contributed by atoms with E-state index in [1.54, 1.807) is 4.90 Å². The molecule has 0 saturated carbocycles. The van der Waals surface area contributed by atoms with E-state index in [0.717, 1.165) is 27.8 Å². The minimum Gasteiger partial charge on any atom is -0.449 e. The molecule has 0 aliphatic heterocycles. The van der Waals surface area contributed by atoms with Gasteiger partial charge in [-0.2, -0.15) is 0 Å². The summed E-state index contributed by atoms with van der Waals surface area (Å²) in [6, 6.07) is 25.4. The van der Waals surface area contributed by atoms with Gasteiger partial charge in [0.15, 0.2) is 6.29 Å². The fraction of sp³-hybridized carbons (Fsp3) is 0.444. The molecule has 0 unspecified atom stereocenters. The van der Waals surface area contributed by atoms with Crippen LogP contribution in [0.25, 0.3) is 11.1 Å². The van der Waals surface area contributed by atoms with Crippen molar-refractivity contribution in [2.24, 2.45) is 0 Å². The molecule has 4 rings (SSSR count). The number of nitrogens with zero attached hydrogens (tertiary/aromatic N) is 1. The first-order chi connectivity index (χ1) is 21.2. The van der Waals surface area contributed by atoms with Crippen LogP contribution >= 0.6 is 0 Å². The maximum absolute atomic E-state index is 14.1. The molecule has 1 atom stereocenters. The zero-order valence-electron chi connectivity index (χ0n) is 26.6. The highest BCUT2D eigenvalue weighted by Gasteiger charge is 2.32. The lowest BCUT2D eigenvalue weighted by Gasteiger charge is -2.32. The first-order valence-electron chi connectivity index (χ1n) is 15.5. The molecule has 3 aromatic rings. The Hall–Kier alpha value is -3.72. The molecule has 1 N–H and O–H groups in total. The molecule has 1 aliphatic rings. The highest BCUT2D eigenvalue weighted by atomic mass is 16.7. The topological polar surface area (TPSA) is 86.3 Å². The van der Waals surface area contributed by atoms with Crippen molar-refractivity contribution in [3.05, 3.63) is 95.6 Å². The number of alkyl carbamates (subject to hydrolysis) is 1. The van der Waals surface area contributed by atoms with E-state index in [9.17, 15) is 9.59 Å². The number of hydrogen-bond acceptors (Lipinski definition) is 6. The van der Waals surface area contributed by atoms with E-state index < -0.39 is 24.0 Å². The zero-order valence-corrected chi connectivity index (χ0v) is 26.6. The highest BCUT2D eigenvalue weighted by molar-refractivity contribution is 5.86. The molecule has 0 radical (unpaired) electrons. The molecular weight excluding hydrogens is 556 g/mol. The lowest BCUT2D eigenvalue weighted by Crippen LogP contribution is -2.54. The van der Waals surface area contributed by atoms with Crippen molar-refractivity contribution in [3.63, 3.8) is 0 Å². The number of rotatable bonds is 15. The maximum atomic E-state index is 14.1. The Kier molecular flexibility index (Phi) is 11.9. The van der Waals surface area contributed by atoms with Crippen molar-refractivity contribution in [1.82, 2.24) is 10.2 Å². The second-order valence-corrected chi connectivity index (χ2v) is 11.8. The number of fused-ring (bicyclic) bond motifs is 3. The molecule has 8 heteroatoms. The summed E-state index contributed by atoms with van der Waals surface area (Å²) in [4.78, 5) is 29.1. The first-order valence-corrected chi connectivity index (χ1v) is 15.5. The molecule has 0 heterocycles. The van der Waals surface area contributed by atoms with Gasteiger partial charge in [0.05, 0.1) is 18.8 Å². The SMILES string of the molecule is CCOC(CN(CCc1ccccc1)C(=O)[C@H](COC(C)(C)C)NC(=O)OCC1c2ccccc2-c2ccccc21)OCC. The molecule has 0 bridgehead atoms. The van der Waals surface area contributed by atoms with Crippen LogP contribution in [0.5, 0.6) is 0 Å². The summed E-state index contributed by atoms with van der Waals surface area (Å²) >= 11 is 0. The number of ether oxygens (including phenoxy) is 4. The van der Waals surface area contributed by atoms with E-state index >= 15 is 0 Å². The van der Waals surface area contributed by atoms with E-state index in [2.05, 4.69) is 29.6 Å². The van der Waals surface area contributed by atoms with Gasteiger partial charge < -0.3 is 29.2 Å². The van der Waals surface area contributed by atoms with Crippen molar-refractivity contribution in [3.8, 4) is 11.1 Å². The molecule has 0 saturated heterocycles. The van der Waals surface area contributed by atoms with Crippen molar-refractivity contribution < 1.29 is 28.5 Å². The van der Waals surface area contributed by atoms with Crippen LogP contribution in [0.1, 0.15) is 57.2 Å². The van der Waals surface area contributed by atoms with Gasteiger partial charge in [-0.3, -0.25) is 4.79 Å². The molecule has 0 fully saturated rings. The minimum atomic E-state index is -0.968. The molecule has 8 nitrogen and oxygen atoms in total. The molecule has 0 aromatic heterocycles. The summed E-state index contributed by atoms with van der Waals surface area (Å²) in [5, 5.41) is 2.82. The summed E-state index contributed by atoms with van der Waals surface area (Å²) in [7, 11) is 0. The fourth-order valence-corrected chi connectivity index (χ4v) is 5.42. The van der Waals surface area contributed by atoms with Gasteiger partial charge in [-0.15, -0.1) is 0 Å². The van der Waals surface area contributed by atoms with Crippen molar-refractivity contribution in [1.29, 1.82) is 0 Å². The van der Waals surface area contributed by atoms with E-state index in [4.69, 9.17) is 18.9 Å². The number of carbonyl (C=O) groups excluding carboxylic acids is 2. The van der Waals surface area contributed by atoms with Gasteiger partial charge in [0.2, 0.25) is 5.91 Å². The third kappa shape index (κ3) is 9.14. The average molecular weight is 603 g/mol. The number of benzene rings is 3. The molecule has 236 valence electrons. The molecule has 0 spiro atoms. The predicted octanol–water partition coefficient (Wildman–Crippen LogP) is 6.18. The molecule has 44 heavy (non-hydrogen) atoms. The monoisotopic (exact) mass is 602 g/mol. The van der Waals surface area contributed by atoms with Crippen molar-refractivity contribution in [2.75, 3.05) is 39.5 Å². The van der Waals surface area contributed by atoms with Crippen LogP contribution in [-0.2, 0) is 30.2 Å². The molecule has 2 amide bonds. The van der Waals surface area contributed by atoms with E-state index in [0.29, 0.717) is 26.2 Å². The Labute approximate surface area is 261 Å². The predicted molar refractivity (Wildman–Crippen MR) is 171 cm³/mol. The zero-order chi connectivity index (χ0) is 31.5. The summed E-state index contributed by atoms with van der Waals surface area (Å²) < 4.78 is 23.4. The number of amides is 2. The van der Waals surface area contributed by atoms with Crippen molar-refractivity contribution >= 4 is 12.0 Å². The number of carbonyl (C=O) groups is 2. The standard InChI is InChI=1S/C36H46N2O6/c1-6-41-33(42-7-2)23-38(22-21-26-15-9-8-10-16-26)34(39)32(25-44-36(3,4)5)37-35(40)43-24-31-29-19-13-11-17-27(29)28-18-12-14-20-30(28)31/h8-20,31-33H,6-7,21-25H2,1-5H3,(H,37,40)/t32-/m0/s1. The number of hydrogen-bond donors (Lipinski definition) is 1. The van der Waals surface area contributed by atoms with Crippen LogP contribution in [0.15, 0.2) is 78.9 Å². The van der Waals surface area contributed by atoms with Crippen LogP contribution < -0.4 is 5.32 Å². The van der Waals surface area contributed by atoms with Gasteiger partial charge >= 0.3 is 6.09 Å². The largest absolute Gasteiger partial charge is 0.449 e. The fourth-order valence-electron chi connectivity index (χ4n) is 5.42. The number of nitrogens with one attached hydrogen (secondary N) is 1. The van der Waals surface area contributed by atoms with Crippen LogP contribution in [0.2, 0.25) is 0 Å². The lowest BCUT2D eigenvalue weighted by atomic mass is 9.98. The van der Waals surface area contributed by atoms with Gasteiger partial charge in [-0.1, -0.05) is 78.9 Å².